The maximum Gasteiger partial charge on any atom is 0.343 e. The van der Waals surface area contributed by atoms with Gasteiger partial charge < -0.3 is 4.74 Å². The van der Waals surface area contributed by atoms with Crippen LogP contribution in [0.25, 0.3) is 11.4 Å². The van der Waals surface area contributed by atoms with E-state index in [0.29, 0.717) is 23.1 Å². The van der Waals surface area contributed by atoms with Gasteiger partial charge in [0.2, 0.25) is 0 Å². The number of unbranched alkanes of at least 4 members (excludes halogenated alkanes) is 9. The maximum atomic E-state index is 12.6. The molecule has 0 aliphatic carbocycles. The van der Waals surface area contributed by atoms with Gasteiger partial charge in [-0.25, -0.2) is 14.8 Å². The van der Waals surface area contributed by atoms with Crippen molar-refractivity contribution in [1.29, 1.82) is 0 Å². The molecule has 38 heavy (non-hydrogen) atoms. The van der Waals surface area contributed by atoms with Crippen LogP contribution in [-0.4, -0.2) is 15.9 Å². The number of esters is 1. The summed E-state index contributed by atoms with van der Waals surface area (Å²) in [6.07, 6.45) is 20.5. The highest BCUT2D eigenvalue weighted by molar-refractivity contribution is 5.91. The molecule has 2 aromatic carbocycles. The summed E-state index contributed by atoms with van der Waals surface area (Å²) in [5.74, 6) is 1.52. The van der Waals surface area contributed by atoms with Gasteiger partial charge >= 0.3 is 5.97 Å². The quantitative estimate of drug-likeness (QED) is 0.102. The van der Waals surface area contributed by atoms with Crippen LogP contribution in [0.1, 0.15) is 113 Å². The highest BCUT2D eigenvalue weighted by Gasteiger charge is 2.10. The molecule has 0 unspecified atom stereocenters. The Morgan fingerprint density at radius 2 is 1.32 bits per heavy atom. The van der Waals surface area contributed by atoms with E-state index in [2.05, 4.69) is 30.7 Å². The standard InChI is InChI=1S/C34H46N2O2/c1-4-6-7-8-9-10-11-12-13-14-15-29-25-35-33(36-26-29)30-18-20-31(21-19-30)34(37)38-32-22-16-28(17-23-32)24-27(3)5-2/h16-23,25-27H,4-15,24H2,1-3H3/t27-/m0/s1. The fourth-order valence-electron chi connectivity index (χ4n) is 4.61. The predicted octanol–water partition coefficient (Wildman–Crippen LogP) is 9.41. The van der Waals surface area contributed by atoms with Crippen LogP contribution in [0.15, 0.2) is 60.9 Å². The number of carbonyl (C=O) groups is 1. The molecule has 0 saturated heterocycles. The van der Waals surface area contributed by atoms with Crippen LogP contribution in [0.2, 0.25) is 0 Å². The van der Waals surface area contributed by atoms with Crippen molar-refractivity contribution in [2.24, 2.45) is 5.92 Å². The van der Waals surface area contributed by atoms with Crippen LogP contribution in [0.3, 0.4) is 0 Å². The van der Waals surface area contributed by atoms with Gasteiger partial charge in [-0.2, -0.15) is 0 Å². The zero-order valence-corrected chi connectivity index (χ0v) is 23.8. The smallest absolute Gasteiger partial charge is 0.343 e. The average Bonchev–Trinajstić information content (AvgIpc) is 2.95. The second kappa shape index (κ2) is 16.8. The molecule has 4 heteroatoms. The summed E-state index contributed by atoms with van der Waals surface area (Å²) in [5, 5.41) is 0. The highest BCUT2D eigenvalue weighted by atomic mass is 16.5. The Bertz CT molecular complexity index is 1060. The fraction of sp³-hybridized carbons (Fsp3) is 0.500. The van der Waals surface area contributed by atoms with Crippen molar-refractivity contribution >= 4 is 5.97 Å². The Kier molecular flexibility index (Phi) is 13.0. The van der Waals surface area contributed by atoms with Crippen LogP contribution >= 0.6 is 0 Å². The SMILES string of the molecule is CCCCCCCCCCCCc1cnc(-c2ccc(C(=O)Oc3ccc(C[C@@H](C)CC)cc3)cc2)nc1. The van der Waals surface area contributed by atoms with E-state index in [1.165, 1.54) is 75.3 Å². The van der Waals surface area contributed by atoms with Gasteiger partial charge in [0.15, 0.2) is 5.82 Å². The summed E-state index contributed by atoms with van der Waals surface area (Å²) in [4.78, 5) is 21.7. The second-order valence-corrected chi connectivity index (χ2v) is 10.7. The summed E-state index contributed by atoms with van der Waals surface area (Å²) in [6, 6.07) is 15.1. The van der Waals surface area contributed by atoms with Crippen LogP contribution < -0.4 is 4.74 Å². The van der Waals surface area contributed by atoms with Gasteiger partial charge in [-0.3, -0.25) is 0 Å². The first-order chi connectivity index (χ1) is 18.6. The van der Waals surface area contributed by atoms with Crippen LogP contribution in [0.4, 0.5) is 0 Å². The van der Waals surface area contributed by atoms with Crippen molar-refractivity contribution in [1.82, 2.24) is 9.97 Å². The van der Waals surface area contributed by atoms with Gasteiger partial charge in [0.25, 0.3) is 0 Å². The molecular weight excluding hydrogens is 468 g/mol. The first-order valence-corrected chi connectivity index (χ1v) is 14.8. The third kappa shape index (κ3) is 10.4. The first kappa shape index (κ1) is 29.5. The third-order valence-corrected chi connectivity index (χ3v) is 7.32. The lowest BCUT2D eigenvalue weighted by Crippen LogP contribution is -2.08. The molecule has 0 bridgehead atoms. The van der Waals surface area contributed by atoms with E-state index in [1.54, 1.807) is 12.1 Å². The van der Waals surface area contributed by atoms with E-state index in [1.807, 2.05) is 48.8 Å². The summed E-state index contributed by atoms with van der Waals surface area (Å²) in [6.45, 7) is 6.72. The number of aryl methyl sites for hydroxylation is 1. The minimum Gasteiger partial charge on any atom is -0.423 e. The molecule has 0 amide bonds. The van der Waals surface area contributed by atoms with E-state index in [0.717, 1.165) is 24.8 Å². The molecule has 204 valence electrons. The number of carbonyl (C=O) groups excluding carboxylic acids is 1. The zero-order valence-electron chi connectivity index (χ0n) is 23.8. The lowest BCUT2D eigenvalue weighted by atomic mass is 9.99. The number of benzene rings is 2. The molecule has 1 heterocycles. The molecule has 0 spiro atoms. The minimum absolute atomic E-state index is 0.362. The Morgan fingerprint density at radius 3 is 1.89 bits per heavy atom. The molecule has 3 aromatic rings. The van der Waals surface area contributed by atoms with Crippen LogP contribution in [0, 0.1) is 5.92 Å². The summed E-state index contributed by atoms with van der Waals surface area (Å²) in [7, 11) is 0. The van der Waals surface area contributed by atoms with Gasteiger partial charge in [0.1, 0.15) is 5.75 Å². The number of aromatic nitrogens is 2. The van der Waals surface area contributed by atoms with Gasteiger partial charge in [-0.05, 0) is 60.6 Å². The molecule has 3 rings (SSSR count). The van der Waals surface area contributed by atoms with Gasteiger partial charge in [0, 0.05) is 18.0 Å². The van der Waals surface area contributed by atoms with Crippen LogP contribution in [-0.2, 0) is 12.8 Å². The molecule has 1 aromatic heterocycles. The number of hydrogen-bond acceptors (Lipinski definition) is 4. The monoisotopic (exact) mass is 514 g/mol. The lowest BCUT2D eigenvalue weighted by Gasteiger charge is -2.09. The van der Waals surface area contributed by atoms with Crippen molar-refractivity contribution in [2.75, 3.05) is 0 Å². The Labute approximate surface area is 230 Å². The van der Waals surface area contributed by atoms with Crippen molar-refractivity contribution in [2.45, 2.75) is 104 Å². The summed E-state index contributed by atoms with van der Waals surface area (Å²) < 4.78 is 5.57. The first-order valence-electron chi connectivity index (χ1n) is 14.8. The normalized spacial score (nSPS) is 11.9. The molecule has 0 aliphatic heterocycles. The fourth-order valence-corrected chi connectivity index (χ4v) is 4.61. The van der Waals surface area contributed by atoms with E-state index in [-0.39, 0.29) is 5.97 Å². The maximum absolute atomic E-state index is 12.6. The van der Waals surface area contributed by atoms with E-state index in [9.17, 15) is 4.79 Å². The van der Waals surface area contributed by atoms with Crippen molar-refractivity contribution in [3.63, 3.8) is 0 Å². The predicted molar refractivity (Wildman–Crippen MR) is 158 cm³/mol. The minimum atomic E-state index is -0.362. The molecule has 0 radical (unpaired) electrons. The molecule has 0 saturated carbocycles. The largest absolute Gasteiger partial charge is 0.423 e. The number of nitrogens with zero attached hydrogens (tertiary/aromatic N) is 2. The third-order valence-electron chi connectivity index (χ3n) is 7.32. The summed E-state index contributed by atoms with van der Waals surface area (Å²) in [5.41, 5.74) is 3.85. The Morgan fingerprint density at radius 1 is 0.737 bits per heavy atom. The zero-order chi connectivity index (χ0) is 27.0. The topological polar surface area (TPSA) is 52.1 Å². The van der Waals surface area contributed by atoms with Crippen LogP contribution in [0.5, 0.6) is 5.75 Å². The number of rotatable bonds is 17. The van der Waals surface area contributed by atoms with Gasteiger partial charge in [-0.15, -0.1) is 0 Å². The molecule has 4 nitrogen and oxygen atoms in total. The second-order valence-electron chi connectivity index (χ2n) is 10.7. The van der Waals surface area contributed by atoms with Gasteiger partial charge in [-0.1, -0.05) is 109 Å². The molecule has 0 N–H and O–H groups in total. The van der Waals surface area contributed by atoms with E-state index < -0.39 is 0 Å². The van der Waals surface area contributed by atoms with Gasteiger partial charge in [0.05, 0.1) is 5.56 Å². The van der Waals surface area contributed by atoms with Crippen molar-refractivity contribution in [3.05, 3.63) is 77.6 Å². The van der Waals surface area contributed by atoms with Crippen molar-refractivity contribution in [3.8, 4) is 17.1 Å². The Hall–Kier alpha value is -3.01. The molecule has 1 atom stereocenters. The Balaban J connectivity index is 1.39. The van der Waals surface area contributed by atoms with E-state index in [4.69, 9.17) is 4.74 Å². The average molecular weight is 515 g/mol. The molecule has 0 fully saturated rings. The summed E-state index contributed by atoms with van der Waals surface area (Å²) >= 11 is 0. The number of ether oxygens (including phenoxy) is 1. The molecular formula is C34H46N2O2. The van der Waals surface area contributed by atoms with E-state index >= 15 is 0 Å². The number of hydrogen-bond donors (Lipinski definition) is 0. The molecule has 0 aliphatic rings. The highest BCUT2D eigenvalue weighted by Crippen LogP contribution is 2.20. The van der Waals surface area contributed by atoms with Crippen molar-refractivity contribution < 1.29 is 9.53 Å². The lowest BCUT2D eigenvalue weighted by molar-refractivity contribution is 0.0734.